The summed E-state index contributed by atoms with van der Waals surface area (Å²) in [4.78, 5) is 12.7. The first-order valence-corrected chi connectivity index (χ1v) is 11.0. The monoisotopic (exact) mass is 478 g/mol. The predicted molar refractivity (Wildman–Crippen MR) is 131 cm³/mol. The zero-order valence-electron chi connectivity index (χ0n) is 19.1. The lowest BCUT2D eigenvalue weighted by atomic mass is 10.1. The highest BCUT2D eigenvalue weighted by molar-refractivity contribution is 6.32. The van der Waals surface area contributed by atoms with Crippen LogP contribution in [-0.4, -0.2) is 12.5 Å². The second kappa shape index (κ2) is 11.4. The van der Waals surface area contributed by atoms with Crippen molar-refractivity contribution >= 4 is 29.3 Å². The van der Waals surface area contributed by atoms with E-state index in [1.165, 1.54) is 18.2 Å². The number of nitrogens with one attached hydrogen (secondary N) is 1. The first-order chi connectivity index (χ1) is 16.3. The van der Waals surface area contributed by atoms with Gasteiger partial charge in [0.1, 0.15) is 24.1 Å². The van der Waals surface area contributed by atoms with Crippen LogP contribution in [0.25, 0.3) is 6.08 Å². The fourth-order valence-electron chi connectivity index (χ4n) is 3.27. The van der Waals surface area contributed by atoms with Crippen molar-refractivity contribution in [1.82, 2.24) is 0 Å². The summed E-state index contributed by atoms with van der Waals surface area (Å²) < 4.78 is 24.7. The van der Waals surface area contributed by atoms with Gasteiger partial charge in [-0.05, 0) is 73.9 Å². The van der Waals surface area contributed by atoms with Gasteiger partial charge < -0.3 is 14.8 Å². The lowest BCUT2D eigenvalue weighted by Crippen LogP contribution is -2.14. The van der Waals surface area contributed by atoms with E-state index in [9.17, 15) is 14.4 Å². The Labute approximate surface area is 203 Å². The van der Waals surface area contributed by atoms with Crippen molar-refractivity contribution in [2.24, 2.45) is 0 Å². The third-order valence-electron chi connectivity index (χ3n) is 4.93. The molecule has 0 bridgehead atoms. The van der Waals surface area contributed by atoms with E-state index in [2.05, 4.69) is 5.32 Å². The first-order valence-electron chi connectivity index (χ1n) is 10.6. The van der Waals surface area contributed by atoms with Crippen LogP contribution in [0.4, 0.5) is 10.1 Å². The van der Waals surface area contributed by atoms with Crippen LogP contribution >= 0.6 is 11.6 Å². The molecule has 3 rings (SSSR count). The molecule has 0 spiro atoms. The van der Waals surface area contributed by atoms with Gasteiger partial charge in [-0.2, -0.15) is 5.26 Å². The summed E-state index contributed by atoms with van der Waals surface area (Å²) in [5.41, 5.74) is 3.79. The summed E-state index contributed by atoms with van der Waals surface area (Å²) in [6, 6.07) is 16.8. The third-order valence-corrected chi connectivity index (χ3v) is 5.22. The molecule has 5 nitrogen and oxygen atoms in total. The van der Waals surface area contributed by atoms with Crippen molar-refractivity contribution in [3.05, 3.63) is 93.3 Å². The average molecular weight is 479 g/mol. The third kappa shape index (κ3) is 6.37. The minimum atomic E-state index is -0.528. The van der Waals surface area contributed by atoms with Gasteiger partial charge in [0, 0.05) is 5.69 Å². The molecular formula is C27H24ClFN2O3. The maximum atomic E-state index is 13.1. The Hall–Kier alpha value is -3.82. The molecule has 1 amide bonds. The molecule has 0 saturated carbocycles. The number of carbonyl (C=O) groups is 1. The minimum absolute atomic E-state index is 0.0847. The van der Waals surface area contributed by atoms with E-state index in [-0.39, 0.29) is 23.0 Å². The first kappa shape index (κ1) is 24.8. The molecule has 0 unspecified atom stereocenters. The standard InChI is InChI=1S/C27H24ClFN2O3/c1-4-33-25-14-20(13-23(28)26(25)34-16-19-6-8-22(29)9-7-19)12-21(15-30)27(32)31-24-10-5-17(2)11-18(24)3/h5-14H,4,16H2,1-3H3,(H,31,32)/b21-12+. The van der Waals surface area contributed by atoms with Crippen molar-refractivity contribution in [3.8, 4) is 17.6 Å². The number of anilines is 1. The largest absolute Gasteiger partial charge is 0.490 e. The number of hydrogen-bond donors (Lipinski definition) is 1. The molecule has 0 aromatic heterocycles. The number of carbonyl (C=O) groups excluding carboxylic acids is 1. The number of benzene rings is 3. The van der Waals surface area contributed by atoms with Gasteiger partial charge in [0.25, 0.3) is 5.91 Å². The van der Waals surface area contributed by atoms with E-state index >= 15 is 0 Å². The van der Waals surface area contributed by atoms with Crippen molar-refractivity contribution in [2.45, 2.75) is 27.4 Å². The second-order valence-corrected chi connectivity index (χ2v) is 8.03. The Bertz CT molecular complexity index is 1260. The molecule has 3 aromatic rings. The Morgan fingerprint density at radius 3 is 2.50 bits per heavy atom. The number of amides is 1. The van der Waals surface area contributed by atoms with Gasteiger partial charge in [0.05, 0.1) is 11.6 Å². The molecule has 0 heterocycles. The topological polar surface area (TPSA) is 71.3 Å². The summed E-state index contributed by atoms with van der Waals surface area (Å²) in [7, 11) is 0. The van der Waals surface area contributed by atoms with E-state index in [1.807, 2.05) is 39.0 Å². The fourth-order valence-corrected chi connectivity index (χ4v) is 3.54. The molecule has 0 aliphatic rings. The molecule has 34 heavy (non-hydrogen) atoms. The molecule has 7 heteroatoms. The second-order valence-electron chi connectivity index (χ2n) is 7.62. The summed E-state index contributed by atoms with van der Waals surface area (Å²) in [6.45, 7) is 6.19. The zero-order chi connectivity index (χ0) is 24.7. The highest BCUT2D eigenvalue weighted by Gasteiger charge is 2.15. The molecule has 0 aliphatic carbocycles. The molecule has 0 saturated heterocycles. The summed E-state index contributed by atoms with van der Waals surface area (Å²) in [5.74, 6) is -0.165. The smallest absolute Gasteiger partial charge is 0.266 e. The Balaban J connectivity index is 1.85. The Kier molecular flexibility index (Phi) is 8.29. The number of nitrogens with zero attached hydrogens (tertiary/aromatic N) is 1. The van der Waals surface area contributed by atoms with Crippen LogP contribution in [0.3, 0.4) is 0 Å². The van der Waals surface area contributed by atoms with Crippen LogP contribution in [0.1, 0.15) is 29.2 Å². The predicted octanol–water partition coefficient (Wildman–Crippen LogP) is 6.62. The van der Waals surface area contributed by atoms with Crippen LogP contribution in [0.15, 0.2) is 60.2 Å². The van der Waals surface area contributed by atoms with Gasteiger partial charge >= 0.3 is 0 Å². The molecule has 3 aromatic carbocycles. The number of nitriles is 1. The van der Waals surface area contributed by atoms with E-state index in [1.54, 1.807) is 30.3 Å². The molecule has 0 atom stereocenters. The molecular weight excluding hydrogens is 455 g/mol. The molecule has 174 valence electrons. The summed E-state index contributed by atoms with van der Waals surface area (Å²) in [5, 5.41) is 12.6. The van der Waals surface area contributed by atoms with E-state index in [4.69, 9.17) is 21.1 Å². The van der Waals surface area contributed by atoms with E-state index < -0.39 is 5.91 Å². The van der Waals surface area contributed by atoms with Gasteiger partial charge in [-0.1, -0.05) is 41.4 Å². The van der Waals surface area contributed by atoms with E-state index in [0.29, 0.717) is 29.4 Å². The van der Waals surface area contributed by atoms with Crippen molar-refractivity contribution in [2.75, 3.05) is 11.9 Å². The quantitative estimate of drug-likeness (QED) is 0.292. The average Bonchev–Trinajstić information content (AvgIpc) is 2.80. The van der Waals surface area contributed by atoms with Crippen molar-refractivity contribution < 1.29 is 18.7 Å². The lowest BCUT2D eigenvalue weighted by molar-refractivity contribution is -0.112. The molecule has 0 aliphatic heterocycles. The van der Waals surface area contributed by atoms with Crippen LogP contribution in [0.2, 0.25) is 5.02 Å². The maximum Gasteiger partial charge on any atom is 0.266 e. The Morgan fingerprint density at radius 1 is 1.12 bits per heavy atom. The van der Waals surface area contributed by atoms with Gasteiger partial charge in [-0.3, -0.25) is 4.79 Å². The number of rotatable bonds is 8. The number of ether oxygens (including phenoxy) is 2. The molecule has 1 N–H and O–H groups in total. The fraction of sp³-hybridized carbons (Fsp3) is 0.185. The van der Waals surface area contributed by atoms with Crippen molar-refractivity contribution in [3.63, 3.8) is 0 Å². The van der Waals surface area contributed by atoms with Crippen LogP contribution in [0, 0.1) is 31.0 Å². The maximum absolute atomic E-state index is 13.1. The van der Waals surface area contributed by atoms with Gasteiger partial charge in [-0.15, -0.1) is 0 Å². The van der Waals surface area contributed by atoms with Gasteiger partial charge in [0.15, 0.2) is 11.5 Å². The number of hydrogen-bond acceptors (Lipinski definition) is 4. The van der Waals surface area contributed by atoms with Gasteiger partial charge in [0.2, 0.25) is 0 Å². The summed E-state index contributed by atoms with van der Waals surface area (Å²) in [6.07, 6.45) is 1.44. The molecule has 0 radical (unpaired) electrons. The van der Waals surface area contributed by atoms with Crippen molar-refractivity contribution in [1.29, 1.82) is 5.26 Å². The summed E-state index contributed by atoms with van der Waals surface area (Å²) >= 11 is 6.46. The zero-order valence-corrected chi connectivity index (χ0v) is 19.9. The van der Waals surface area contributed by atoms with Gasteiger partial charge in [-0.25, -0.2) is 4.39 Å². The highest BCUT2D eigenvalue weighted by atomic mass is 35.5. The minimum Gasteiger partial charge on any atom is -0.490 e. The lowest BCUT2D eigenvalue weighted by Gasteiger charge is -2.15. The molecule has 0 fully saturated rings. The number of halogens is 2. The van der Waals surface area contributed by atoms with E-state index in [0.717, 1.165) is 16.7 Å². The Morgan fingerprint density at radius 2 is 1.85 bits per heavy atom. The number of aryl methyl sites for hydroxylation is 2. The van der Waals surface area contributed by atoms with Crippen LogP contribution in [-0.2, 0) is 11.4 Å². The van der Waals surface area contributed by atoms with Crippen LogP contribution in [0.5, 0.6) is 11.5 Å². The normalized spacial score (nSPS) is 11.0. The highest BCUT2D eigenvalue weighted by Crippen LogP contribution is 2.38. The SMILES string of the molecule is CCOc1cc(/C=C(\C#N)C(=O)Nc2ccc(C)cc2C)cc(Cl)c1OCc1ccc(F)cc1. The van der Waals surface area contributed by atoms with Crippen LogP contribution < -0.4 is 14.8 Å².